The number of nitrogens with zero attached hydrogens (tertiary/aromatic N) is 2. The monoisotopic (exact) mass is 563 g/mol. The number of rotatable bonds is 14. The Bertz CT molecular complexity index is 1340. The summed E-state index contributed by atoms with van der Waals surface area (Å²) in [5.41, 5.74) is 4.41. The molecule has 0 spiro atoms. The van der Waals surface area contributed by atoms with Gasteiger partial charge in [-0.15, -0.1) is 0 Å². The minimum absolute atomic E-state index is 0.107. The SMILES string of the molecule is CCCNC(=O)[C@H](Cc1ccccc1)N(Cc1ccccc1)C(=O)CCCN(c1cc(C)cc(C)c1)S(C)(=O)=O. The van der Waals surface area contributed by atoms with Crippen molar-refractivity contribution in [2.45, 2.75) is 59.0 Å². The van der Waals surface area contributed by atoms with Crippen molar-refractivity contribution in [3.05, 3.63) is 101 Å². The van der Waals surface area contributed by atoms with E-state index >= 15 is 0 Å². The quantitative estimate of drug-likeness (QED) is 0.299. The molecule has 3 aromatic rings. The first kappa shape index (κ1) is 30.9. The Balaban J connectivity index is 1.86. The lowest BCUT2D eigenvalue weighted by Gasteiger charge is -2.32. The molecule has 0 saturated carbocycles. The van der Waals surface area contributed by atoms with E-state index in [1.165, 1.54) is 10.6 Å². The van der Waals surface area contributed by atoms with Gasteiger partial charge in [0.2, 0.25) is 21.8 Å². The number of sulfonamides is 1. The van der Waals surface area contributed by atoms with Crippen LogP contribution in [0.5, 0.6) is 0 Å². The van der Waals surface area contributed by atoms with E-state index in [1.54, 1.807) is 4.90 Å². The zero-order valence-electron chi connectivity index (χ0n) is 24.0. The highest BCUT2D eigenvalue weighted by atomic mass is 32.2. The fourth-order valence-corrected chi connectivity index (χ4v) is 5.75. The first-order valence-electron chi connectivity index (χ1n) is 13.8. The number of nitrogens with one attached hydrogen (secondary N) is 1. The molecule has 0 radical (unpaired) electrons. The average molecular weight is 564 g/mol. The third kappa shape index (κ3) is 9.23. The second-order valence-corrected chi connectivity index (χ2v) is 12.2. The molecular weight excluding hydrogens is 522 g/mol. The zero-order chi connectivity index (χ0) is 29.1. The molecule has 0 aromatic heterocycles. The van der Waals surface area contributed by atoms with E-state index in [-0.39, 0.29) is 31.3 Å². The van der Waals surface area contributed by atoms with Crippen LogP contribution in [0.15, 0.2) is 78.9 Å². The second-order valence-electron chi connectivity index (χ2n) is 10.3. The van der Waals surface area contributed by atoms with Gasteiger partial charge in [-0.05, 0) is 61.1 Å². The number of anilines is 1. The summed E-state index contributed by atoms with van der Waals surface area (Å²) in [6, 6.07) is 24.3. The molecule has 0 aliphatic carbocycles. The Kier molecular flexibility index (Phi) is 11.3. The Morgan fingerprint density at radius 2 is 1.45 bits per heavy atom. The molecule has 0 aliphatic rings. The average Bonchev–Trinajstić information content (AvgIpc) is 2.91. The summed E-state index contributed by atoms with van der Waals surface area (Å²) in [7, 11) is -3.55. The van der Waals surface area contributed by atoms with Crippen molar-refractivity contribution in [3.8, 4) is 0 Å². The van der Waals surface area contributed by atoms with Crippen molar-refractivity contribution in [1.82, 2.24) is 10.2 Å². The molecule has 1 N–H and O–H groups in total. The standard InChI is InChI=1S/C32H41N3O4S/c1-5-18-33-32(37)30(23-27-13-8-6-9-14-27)34(24-28-15-10-7-11-16-28)31(36)17-12-19-35(40(4,38)39)29-21-25(2)20-26(3)22-29/h6-11,13-16,20-22,30H,5,12,17-19,23-24H2,1-4H3,(H,33,37)/t30-/m0/s1. The first-order valence-corrected chi connectivity index (χ1v) is 15.6. The Morgan fingerprint density at radius 3 is 2.00 bits per heavy atom. The molecule has 1 atom stereocenters. The lowest BCUT2D eigenvalue weighted by Crippen LogP contribution is -2.50. The van der Waals surface area contributed by atoms with Crippen LogP contribution < -0.4 is 9.62 Å². The van der Waals surface area contributed by atoms with Gasteiger partial charge >= 0.3 is 0 Å². The van der Waals surface area contributed by atoms with E-state index in [9.17, 15) is 18.0 Å². The van der Waals surface area contributed by atoms with Gasteiger partial charge in [0.15, 0.2) is 0 Å². The second kappa shape index (κ2) is 14.7. The van der Waals surface area contributed by atoms with Gasteiger partial charge in [-0.2, -0.15) is 0 Å². The molecule has 7 nitrogen and oxygen atoms in total. The maximum Gasteiger partial charge on any atom is 0.243 e. The molecule has 2 amide bonds. The number of carbonyl (C=O) groups is 2. The maximum atomic E-state index is 13.8. The van der Waals surface area contributed by atoms with Gasteiger partial charge < -0.3 is 10.2 Å². The number of aryl methyl sites for hydroxylation is 2. The van der Waals surface area contributed by atoms with Crippen LogP contribution in [-0.2, 0) is 32.6 Å². The van der Waals surface area contributed by atoms with Crippen molar-refractivity contribution in [2.24, 2.45) is 0 Å². The Labute approximate surface area is 239 Å². The largest absolute Gasteiger partial charge is 0.354 e. The van der Waals surface area contributed by atoms with Gasteiger partial charge in [-0.1, -0.05) is 73.7 Å². The van der Waals surface area contributed by atoms with Gasteiger partial charge in [0, 0.05) is 32.5 Å². The molecule has 214 valence electrons. The van der Waals surface area contributed by atoms with Crippen molar-refractivity contribution < 1.29 is 18.0 Å². The Morgan fingerprint density at radius 1 is 0.875 bits per heavy atom. The van der Waals surface area contributed by atoms with Gasteiger partial charge in [-0.3, -0.25) is 13.9 Å². The molecule has 0 heterocycles. The molecule has 3 aromatic carbocycles. The van der Waals surface area contributed by atoms with E-state index in [4.69, 9.17) is 0 Å². The highest BCUT2D eigenvalue weighted by Gasteiger charge is 2.30. The van der Waals surface area contributed by atoms with Crippen molar-refractivity contribution in [1.29, 1.82) is 0 Å². The summed E-state index contributed by atoms with van der Waals surface area (Å²) in [5.74, 6) is -0.381. The van der Waals surface area contributed by atoms with Crippen molar-refractivity contribution in [3.63, 3.8) is 0 Å². The summed E-state index contributed by atoms with van der Waals surface area (Å²) in [6.45, 7) is 6.82. The third-order valence-electron chi connectivity index (χ3n) is 6.66. The molecule has 0 bridgehead atoms. The van der Waals surface area contributed by atoms with E-state index < -0.39 is 16.1 Å². The van der Waals surface area contributed by atoms with Gasteiger partial charge in [0.05, 0.1) is 11.9 Å². The summed E-state index contributed by atoms with van der Waals surface area (Å²) >= 11 is 0. The lowest BCUT2D eigenvalue weighted by atomic mass is 10.0. The van der Waals surface area contributed by atoms with Crippen LogP contribution in [0, 0.1) is 13.8 Å². The maximum absolute atomic E-state index is 13.8. The summed E-state index contributed by atoms with van der Waals surface area (Å²) < 4.78 is 26.7. The van der Waals surface area contributed by atoms with Gasteiger partial charge in [0.1, 0.15) is 6.04 Å². The number of carbonyl (C=O) groups excluding carboxylic acids is 2. The molecule has 8 heteroatoms. The van der Waals surface area contributed by atoms with Crippen LogP contribution in [0.2, 0.25) is 0 Å². The highest BCUT2D eigenvalue weighted by Crippen LogP contribution is 2.23. The lowest BCUT2D eigenvalue weighted by molar-refractivity contribution is -0.141. The smallest absolute Gasteiger partial charge is 0.243 e. The topological polar surface area (TPSA) is 86.8 Å². The number of benzene rings is 3. The minimum atomic E-state index is -3.55. The van der Waals surface area contributed by atoms with Crippen molar-refractivity contribution >= 4 is 27.5 Å². The molecule has 3 rings (SSSR count). The predicted molar refractivity (Wildman–Crippen MR) is 162 cm³/mol. The highest BCUT2D eigenvalue weighted by molar-refractivity contribution is 7.92. The molecule has 0 fully saturated rings. The summed E-state index contributed by atoms with van der Waals surface area (Å²) in [6.07, 6.45) is 2.78. The van der Waals surface area contributed by atoms with Crippen molar-refractivity contribution in [2.75, 3.05) is 23.7 Å². The van der Waals surface area contributed by atoms with Gasteiger partial charge in [-0.25, -0.2) is 8.42 Å². The van der Waals surface area contributed by atoms with Crippen LogP contribution in [0.4, 0.5) is 5.69 Å². The van der Waals surface area contributed by atoms with E-state index in [0.717, 1.165) is 28.7 Å². The van der Waals surface area contributed by atoms with E-state index in [1.807, 2.05) is 99.6 Å². The van der Waals surface area contributed by atoms with Crippen LogP contribution in [0.3, 0.4) is 0 Å². The Hall–Kier alpha value is -3.65. The molecule has 0 aliphatic heterocycles. The normalized spacial score (nSPS) is 12.0. The molecule has 0 unspecified atom stereocenters. The molecule has 40 heavy (non-hydrogen) atoms. The van der Waals surface area contributed by atoms with Crippen LogP contribution >= 0.6 is 0 Å². The fourth-order valence-electron chi connectivity index (χ4n) is 4.80. The van der Waals surface area contributed by atoms with E-state index in [0.29, 0.717) is 25.1 Å². The first-order chi connectivity index (χ1) is 19.1. The summed E-state index contributed by atoms with van der Waals surface area (Å²) in [4.78, 5) is 28.9. The predicted octanol–water partition coefficient (Wildman–Crippen LogP) is 5.02. The summed E-state index contributed by atoms with van der Waals surface area (Å²) in [5, 5.41) is 2.98. The molecule has 0 saturated heterocycles. The van der Waals surface area contributed by atoms with Crippen LogP contribution in [0.25, 0.3) is 0 Å². The van der Waals surface area contributed by atoms with Crippen LogP contribution in [0.1, 0.15) is 48.4 Å². The minimum Gasteiger partial charge on any atom is -0.354 e. The van der Waals surface area contributed by atoms with Gasteiger partial charge in [0.25, 0.3) is 0 Å². The van der Waals surface area contributed by atoms with Crippen LogP contribution in [-0.4, -0.2) is 50.5 Å². The number of amides is 2. The molecular formula is C32H41N3O4S. The van der Waals surface area contributed by atoms with E-state index in [2.05, 4.69) is 5.32 Å². The third-order valence-corrected chi connectivity index (χ3v) is 7.86. The number of hydrogen-bond acceptors (Lipinski definition) is 4. The zero-order valence-corrected chi connectivity index (χ0v) is 24.8. The fraction of sp³-hybridized carbons (Fsp3) is 0.375. The number of hydrogen-bond donors (Lipinski definition) is 1.